The van der Waals surface area contributed by atoms with Gasteiger partial charge in [0.25, 0.3) is 11.6 Å². The summed E-state index contributed by atoms with van der Waals surface area (Å²) in [5, 5.41) is 17.0. The third kappa shape index (κ3) is 5.43. The van der Waals surface area contributed by atoms with Crippen molar-refractivity contribution < 1.29 is 14.5 Å². The third-order valence-electron chi connectivity index (χ3n) is 5.91. The first kappa shape index (κ1) is 22.6. The number of benzene rings is 1. The van der Waals surface area contributed by atoms with Crippen LogP contribution < -0.4 is 10.2 Å². The Kier molecular flexibility index (Phi) is 7.02. The third-order valence-corrected chi connectivity index (χ3v) is 6.71. The molecule has 2 aliphatic rings. The Morgan fingerprint density at radius 3 is 2.69 bits per heavy atom. The lowest BCUT2D eigenvalue weighted by atomic mass is 9.91. The number of hydrogen-bond donors (Lipinski definition) is 1. The number of nitro groups is 1. The summed E-state index contributed by atoms with van der Waals surface area (Å²) in [5.74, 6) is 0.545. The highest BCUT2D eigenvalue weighted by atomic mass is 32.1. The number of nitrogens with one attached hydrogen (secondary N) is 1. The second-order valence-electron chi connectivity index (χ2n) is 8.80. The smallest absolute Gasteiger partial charge is 0.293 e. The van der Waals surface area contributed by atoms with Gasteiger partial charge < -0.3 is 9.64 Å². The minimum Gasteiger partial charge on any atom is -0.379 e. The van der Waals surface area contributed by atoms with E-state index >= 15 is 0 Å². The minimum absolute atomic E-state index is 0.0360. The molecule has 172 valence electrons. The molecule has 0 bridgehead atoms. The van der Waals surface area contributed by atoms with Crippen LogP contribution in [0.2, 0.25) is 0 Å². The Morgan fingerprint density at radius 2 is 2.00 bits per heavy atom. The first-order valence-electron chi connectivity index (χ1n) is 11.0. The topological polar surface area (TPSA) is 101 Å². The van der Waals surface area contributed by atoms with Crippen LogP contribution in [0.4, 0.5) is 16.5 Å². The molecule has 2 saturated heterocycles. The van der Waals surface area contributed by atoms with Gasteiger partial charge in [-0.05, 0) is 30.4 Å². The molecule has 9 nitrogen and oxygen atoms in total. The Morgan fingerprint density at radius 1 is 1.28 bits per heavy atom. The maximum Gasteiger partial charge on any atom is 0.293 e. The number of carbonyl (C=O) groups is 1. The maximum atomic E-state index is 12.8. The van der Waals surface area contributed by atoms with Gasteiger partial charge in [0.15, 0.2) is 5.13 Å². The first-order chi connectivity index (χ1) is 15.4. The predicted octanol–water partition coefficient (Wildman–Crippen LogP) is 3.62. The molecule has 4 rings (SSSR count). The Labute approximate surface area is 191 Å². The van der Waals surface area contributed by atoms with Gasteiger partial charge in [-0.1, -0.05) is 13.8 Å². The van der Waals surface area contributed by atoms with Crippen LogP contribution in [0.1, 0.15) is 36.3 Å². The fraction of sp³-hybridized carbons (Fsp3) is 0.545. The van der Waals surface area contributed by atoms with Crippen molar-refractivity contribution in [2.24, 2.45) is 11.8 Å². The molecule has 1 N–H and O–H groups in total. The molecule has 2 aliphatic heterocycles. The van der Waals surface area contributed by atoms with Crippen molar-refractivity contribution in [1.82, 2.24) is 9.88 Å². The van der Waals surface area contributed by atoms with Crippen LogP contribution in [-0.4, -0.2) is 60.1 Å². The van der Waals surface area contributed by atoms with Gasteiger partial charge in [-0.2, -0.15) is 0 Å². The second kappa shape index (κ2) is 9.93. The van der Waals surface area contributed by atoms with Crippen LogP contribution in [0, 0.1) is 22.0 Å². The number of piperidine rings is 1. The maximum absolute atomic E-state index is 12.8. The molecule has 1 aromatic carbocycles. The molecular formula is C22H29N5O4S. The fourth-order valence-electron chi connectivity index (χ4n) is 4.53. The van der Waals surface area contributed by atoms with Crippen molar-refractivity contribution in [3.05, 3.63) is 45.0 Å². The highest BCUT2D eigenvalue weighted by molar-refractivity contribution is 7.14. The van der Waals surface area contributed by atoms with E-state index in [2.05, 4.69) is 33.9 Å². The van der Waals surface area contributed by atoms with E-state index in [-0.39, 0.29) is 11.3 Å². The van der Waals surface area contributed by atoms with Crippen LogP contribution in [0.15, 0.2) is 23.6 Å². The van der Waals surface area contributed by atoms with E-state index < -0.39 is 10.8 Å². The van der Waals surface area contributed by atoms with Gasteiger partial charge in [-0.15, -0.1) is 11.3 Å². The van der Waals surface area contributed by atoms with E-state index in [0.717, 1.165) is 51.5 Å². The fourth-order valence-corrected chi connectivity index (χ4v) is 5.23. The average Bonchev–Trinajstić information content (AvgIpc) is 3.19. The summed E-state index contributed by atoms with van der Waals surface area (Å²) in [7, 11) is 0. The second-order valence-corrected chi connectivity index (χ2v) is 9.66. The number of anilines is 2. The van der Waals surface area contributed by atoms with Crippen LogP contribution in [0.5, 0.6) is 0 Å². The molecular weight excluding hydrogens is 430 g/mol. The zero-order valence-corrected chi connectivity index (χ0v) is 19.3. The molecule has 1 amide bonds. The number of ether oxygens (including phenoxy) is 1. The summed E-state index contributed by atoms with van der Waals surface area (Å²) in [6.45, 7) is 9.77. The molecule has 32 heavy (non-hydrogen) atoms. The van der Waals surface area contributed by atoms with Crippen LogP contribution in [0.25, 0.3) is 0 Å². The van der Waals surface area contributed by atoms with Crippen molar-refractivity contribution in [1.29, 1.82) is 0 Å². The van der Waals surface area contributed by atoms with E-state index in [4.69, 9.17) is 4.74 Å². The van der Waals surface area contributed by atoms with E-state index in [1.807, 2.05) is 5.38 Å². The van der Waals surface area contributed by atoms with Crippen LogP contribution in [0.3, 0.4) is 0 Å². The van der Waals surface area contributed by atoms with Crippen molar-refractivity contribution in [3.63, 3.8) is 0 Å². The van der Waals surface area contributed by atoms with Gasteiger partial charge in [0.05, 0.1) is 23.8 Å². The lowest BCUT2D eigenvalue weighted by molar-refractivity contribution is -0.384. The van der Waals surface area contributed by atoms with Crippen molar-refractivity contribution in [2.45, 2.75) is 26.8 Å². The lowest BCUT2D eigenvalue weighted by Crippen LogP contribution is -2.39. The number of thiazole rings is 1. The van der Waals surface area contributed by atoms with Gasteiger partial charge in [0, 0.05) is 49.7 Å². The number of morpholine rings is 1. The summed E-state index contributed by atoms with van der Waals surface area (Å²) >= 11 is 1.35. The quantitative estimate of drug-likeness (QED) is 0.520. The monoisotopic (exact) mass is 459 g/mol. The Balaban J connectivity index is 1.45. The largest absolute Gasteiger partial charge is 0.379 e. The van der Waals surface area contributed by atoms with Crippen molar-refractivity contribution >= 4 is 33.8 Å². The lowest BCUT2D eigenvalue weighted by Gasteiger charge is -2.36. The summed E-state index contributed by atoms with van der Waals surface area (Å²) in [4.78, 5) is 33.0. The van der Waals surface area contributed by atoms with E-state index in [0.29, 0.717) is 29.2 Å². The normalized spacial score (nSPS) is 22.0. The first-order valence-corrected chi connectivity index (χ1v) is 11.9. The van der Waals surface area contributed by atoms with E-state index in [1.165, 1.54) is 17.4 Å². The van der Waals surface area contributed by atoms with Crippen LogP contribution >= 0.6 is 11.3 Å². The molecule has 0 spiro atoms. The number of aromatic nitrogens is 1. The minimum atomic E-state index is -0.403. The predicted molar refractivity (Wildman–Crippen MR) is 124 cm³/mol. The zero-order chi connectivity index (χ0) is 22.7. The highest BCUT2D eigenvalue weighted by Crippen LogP contribution is 2.34. The number of nitrogens with zero attached hydrogens (tertiary/aromatic N) is 4. The van der Waals surface area contributed by atoms with E-state index in [1.54, 1.807) is 12.1 Å². The number of carbonyl (C=O) groups excluding carboxylic acids is 1. The SMILES string of the molecule is CC1CC(C)CN(c2ccc(C(=O)Nc3nc(CN4CCOCC4)cs3)cc2[N+](=O)[O-])C1. The molecule has 2 atom stereocenters. The average molecular weight is 460 g/mol. The molecule has 10 heteroatoms. The van der Waals surface area contributed by atoms with Crippen molar-refractivity contribution in [3.8, 4) is 0 Å². The molecule has 2 aromatic rings. The van der Waals surface area contributed by atoms with Gasteiger partial charge in [-0.25, -0.2) is 4.98 Å². The highest BCUT2D eigenvalue weighted by Gasteiger charge is 2.28. The van der Waals surface area contributed by atoms with Gasteiger partial charge in [-0.3, -0.25) is 25.1 Å². The summed E-state index contributed by atoms with van der Waals surface area (Å²) < 4.78 is 5.36. The Bertz CT molecular complexity index is 965. The number of amides is 1. The van der Waals surface area contributed by atoms with Gasteiger partial charge in [0.1, 0.15) is 5.69 Å². The molecule has 1 aromatic heterocycles. The molecule has 0 radical (unpaired) electrons. The van der Waals surface area contributed by atoms with Gasteiger partial charge >= 0.3 is 0 Å². The van der Waals surface area contributed by atoms with Gasteiger partial charge in [0.2, 0.25) is 0 Å². The Hall–Kier alpha value is -2.56. The number of nitro benzene ring substituents is 1. The molecule has 3 heterocycles. The molecule has 0 aliphatic carbocycles. The molecule has 2 fully saturated rings. The summed E-state index contributed by atoms with van der Waals surface area (Å²) in [5.41, 5.74) is 1.68. The number of rotatable bonds is 6. The summed E-state index contributed by atoms with van der Waals surface area (Å²) in [6.07, 6.45) is 1.12. The summed E-state index contributed by atoms with van der Waals surface area (Å²) in [6, 6.07) is 4.73. The molecule has 2 unspecified atom stereocenters. The van der Waals surface area contributed by atoms with Crippen molar-refractivity contribution in [2.75, 3.05) is 49.6 Å². The van der Waals surface area contributed by atoms with E-state index in [9.17, 15) is 14.9 Å². The number of hydrogen-bond acceptors (Lipinski definition) is 8. The zero-order valence-electron chi connectivity index (χ0n) is 18.5. The van der Waals surface area contributed by atoms with Crippen LogP contribution in [-0.2, 0) is 11.3 Å². The standard InChI is InChI=1S/C22H29N5O4S/c1-15-9-16(2)12-26(11-15)19-4-3-17(10-20(19)27(29)30)21(28)24-22-23-18(14-32-22)13-25-5-7-31-8-6-25/h3-4,10,14-16H,5-9,11-13H2,1-2H3,(H,23,24,28). The molecule has 0 saturated carbocycles.